The van der Waals surface area contributed by atoms with Gasteiger partial charge in [0.05, 0.1) is 0 Å². The van der Waals surface area contributed by atoms with Crippen molar-refractivity contribution in [3.05, 3.63) is 181 Å². The second kappa shape index (κ2) is 19.0. The topological polar surface area (TPSA) is 113 Å². The van der Waals surface area contributed by atoms with Crippen LogP contribution in [0, 0.1) is 0 Å². The Morgan fingerprint density at radius 2 is 0.724 bits per heavy atom. The summed E-state index contributed by atoms with van der Waals surface area (Å²) in [6.45, 7) is 0. The fourth-order valence-corrected chi connectivity index (χ4v) is 7.18. The van der Waals surface area contributed by atoms with E-state index in [1.54, 1.807) is 12.1 Å². The molecule has 2 heterocycles. The van der Waals surface area contributed by atoms with E-state index >= 15 is 0 Å². The molecule has 0 bridgehead atoms. The number of hydrogen-bond donors (Lipinski definition) is 2. The fraction of sp³-hybridized carbons (Fsp3) is 0. The molecule has 0 saturated heterocycles. The molecule has 8 rings (SSSR count). The molecule has 272 valence electrons. The standard InChI is InChI=1S/C46H32N6O4.2Na/c1-5-13-37(14-6-1)53-43-31-41(49-45(51-43)55-39-17-9-3-10-18-39)47-35-27-23-33(24-28-35)21-22-34-25-29-36(30-26-34)48-42-32-44(54-38-15-7-2-8-16-38)52-46(50-42)56-40-19-11-4-12-20-40;;/h1-23,25,27-32H,(H,47,49,51)(H,48,50,52);;. The Labute approximate surface area is 370 Å². The Morgan fingerprint density at radius 1 is 0.379 bits per heavy atom. The summed E-state index contributed by atoms with van der Waals surface area (Å²) in [7, 11) is 0. The van der Waals surface area contributed by atoms with Gasteiger partial charge in [-0.2, -0.15) is 0 Å². The van der Waals surface area contributed by atoms with Crippen molar-refractivity contribution in [1.29, 1.82) is 0 Å². The molecule has 6 aromatic carbocycles. The first-order chi connectivity index (χ1) is 28.5. The van der Waals surface area contributed by atoms with Gasteiger partial charge in [0.1, 0.15) is 0 Å². The summed E-state index contributed by atoms with van der Waals surface area (Å²) in [4.78, 5) is 18.3. The number of aromatic nitrogens is 4. The van der Waals surface area contributed by atoms with Gasteiger partial charge in [-0.3, -0.25) is 0 Å². The average molecular weight is 779 g/mol. The summed E-state index contributed by atoms with van der Waals surface area (Å²) in [5.41, 5.74) is 4.11. The van der Waals surface area contributed by atoms with Crippen molar-refractivity contribution in [3.8, 4) is 46.8 Å². The zero-order valence-electron chi connectivity index (χ0n) is 31.7. The molecule has 0 aliphatic rings. The number of ether oxygens (including phenoxy) is 4. The molecule has 0 atom stereocenters. The van der Waals surface area contributed by atoms with E-state index in [-0.39, 0.29) is 12.0 Å². The van der Waals surface area contributed by atoms with Gasteiger partial charge in [0.2, 0.25) is 0 Å². The molecule has 0 aliphatic heterocycles. The van der Waals surface area contributed by atoms with Crippen LogP contribution in [0.4, 0.5) is 23.0 Å². The first-order valence-electron chi connectivity index (χ1n) is 18.6. The van der Waals surface area contributed by atoms with E-state index in [2.05, 4.69) is 67.0 Å². The second-order valence-corrected chi connectivity index (χ2v) is 15.3. The van der Waals surface area contributed by atoms with Crippen molar-refractivity contribution in [2.24, 2.45) is 0 Å². The van der Waals surface area contributed by atoms with Crippen molar-refractivity contribution in [2.75, 3.05) is 10.6 Å². The molecule has 0 saturated carbocycles. The first-order valence-corrected chi connectivity index (χ1v) is 20.6. The molecular formula is C46H32N6Na2O4. The van der Waals surface area contributed by atoms with Crippen LogP contribution in [0.15, 0.2) is 170 Å². The first kappa shape index (κ1) is 38.9. The predicted octanol–water partition coefficient (Wildman–Crippen LogP) is 9.68. The number of para-hydroxylation sites is 4. The Hall–Kier alpha value is -5.98. The van der Waals surface area contributed by atoms with E-state index in [9.17, 15) is 0 Å². The minimum atomic E-state index is 0.175. The van der Waals surface area contributed by atoms with Crippen LogP contribution in [0.3, 0.4) is 0 Å². The van der Waals surface area contributed by atoms with Gasteiger partial charge in [-0.15, -0.1) is 0 Å². The van der Waals surface area contributed by atoms with Gasteiger partial charge < -0.3 is 0 Å². The number of benzene rings is 6. The van der Waals surface area contributed by atoms with E-state index < -0.39 is 0 Å². The Bertz CT molecular complexity index is 2350. The molecule has 0 aliphatic carbocycles. The maximum atomic E-state index is 6.06. The number of hydrogen-bond acceptors (Lipinski definition) is 10. The summed E-state index contributed by atoms with van der Waals surface area (Å²) in [6.07, 6.45) is 4.34. The normalized spacial score (nSPS) is 10.9. The third kappa shape index (κ3) is 10.9. The van der Waals surface area contributed by atoms with Crippen LogP contribution in [0.2, 0.25) is 0 Å². The van der Waals surface area contributed by atoms with Gasteiger partial charge in [0.25, 0.3) is 0 Å². The second-order valence-electron chi connectivity index (χ2n) is 13.1. The van der Waals surface area contributed by atoms with E-state index in [0.29, 0.717) is 46.4 Å². The molecule has 0 unspecified atom stereocenters. The molecule has 10 nitrogen and oxygen atoms in total. The van der Waals surface area contributed by atoms with Crippen LogP contribution in [0.25, 0.3) is 12.2 Å². The average Bonchev–Trinajstić information content (AvgIpc) is 3.22. The van der Waals surface area contributed by atoms with Gasteiger partial charge in [0, 0.05) is 0 Å². The van der Waals surface area contributed by atoms with E-state index in [1.165, 1.54) is 5.63 Å². The van der Waals surface area contributed by atoms with Gasteiger partial charge in [0.15, 0.2) is 0 Å². The third-order valence-corrected chi connectivity index (χ3v) is 10.5. The van der Waals surface area contributed by atoms with Crippen LogP contribution < -0.4 is 35.2 Å². The number of nitrogens with one attached hydrogen (secondary N) is 2. The summed E-state index contributed by atoms with van der Waals surface area (Å²) < 4.78 is 26.6. The molecule has 2 N–H and O–H groups in total. The zero-order chi connectivity index (χ0) is 39.5. The summed E-state index contributed by atoms with van der Waals surface area (Å²) in [6, 6.07) is 54.4. The van der Waals surface area contributed by atoms with Gasteiger partial charge in [-0.1, -0.05) is 0 Å². The molecule has 12 heteroatoms. The van der Waals surface area contributed by atoms with Gasteiger partial charge >= 0.3 is 374 Å². The Kier molecular flexibility index (Phi) is 12.7. The molecule has 0 spiro atoms. The van der Waals surface area contributed by atoms with Gasteiger partial charge in [-0.05, 0) is 0 Å². The summed E-state index contributed by atoms with van der Waals surface area (Å²) in [5.74, 6) is 4.41. The van der Waals surface area contributed by atoms with Crippen LogP contribution in [-0.2, 0) is 0 Å². The monoisotopic (exact) mass is 778 g/mol. The Balaban J connectivity index is 0.966. The third-order valence-electron chi connectivity index (χ3n) is 8.73. The van der Waals surface area contributed by atoms with Crippen molar-refractivity contribution in [1.82, 2.24) is 19.9 Å². The molecule has 0 radical (unpaired) electrons. The molecule has 58 heavy (non-hydrogen) atoms. The Morgan fingerprint density at radius 3 is 1.07 bits per heavy atom. The minimum absolute atomic E-state index is 0.175. The molecule has 0 fully saturated rings. The van der Waals surface area contributed by atoms with Crippen molar-refractivity contribution < 1.29 is 18.9 Å². The maximum absolute atomic E-state index is 6.06. The van der Waals surface area contributed by atoms with Crippen LogP contribution in [-0.4, -0.2) is 75.8 Å². The van der Waals surface area contributed by atoms with Crippen LogP contribution in [0.1, 0.15) is 11.1 Å². The predicted molar refractivity (Wildman–Crippen MR) is 229 cm³/mol. The van der Waals surface area contributed by atoms with E-state index in [1.807, 2.05) is 133 Å². The number of nitrogens with zero attached hydrogens (tertiary/aromatic N) is 4. The SMILES string of the molecule is [Na][c]1cc(Nc2cc(Oc3ccccc3)nc(Oc3ccccc3)n2)ccc1C=Cc1ccc(Nc2cc(Oc3ccccc3)nc(Oc3ccccc3)n2)c[c]1[Na]. The fourth-order valence-electron chi connectivity index (χ4n) is 5.89. The van der Waals surface area contributed by atoms with E-state index in [4.69, 9.17) is 18.9 Å². The summed E-state index contributed by atoms with van der Waals surface area (Å²) >= 11 is 1.68. The quantitative estimate of drug-likeness (QED) is 0.0818. The zero-order valence-corrected chi connectivity index (χ0v) is 35.7. The van der Waals surface area contributed by atoms with Crippen LogP contribution >= 0.6 is 0 Å². The van der Waals surface area contributed by atoms with Gasteiger partial charge in [-0.25, -0.2) is 0 Å². The number of anilines is 4. The van der Waals surface area contributed by atoms with Crippen molar-refractivity contribution >= 4 is 96.6 Å². The van der Waals surface area contributed by atoms with Crippen LogP contribution in [0.5, 0.6) is 46.8 Å². The van der Waals surface area contributed by atoms with Crippen molar-refractivity contribution in [2.45, 2.75) is 0 Å². The molecule has 0 amide bonds. The van der Waals surface area contributed by atoms with E-state index in [0.717, 1.165) is 78.4 Å². The number of rotatable bonds is 14. The molecule has 2 aromatic heterocycles. The molecular weight excluding hydrogens is 747 g/mol. The van der Waals surface area contributed by atoms with Crippen molar-refractivity contribution in [3.63, 3.8) is 0 Å². The summed E-state index contributed by atoms with van der Waals surface area (Å²) in [5, 5.41) is 6.85. The molecule has 8 aromatic rings.